The van der Waals surface area contributed by atoms with Gasteiger partial charge >= 0.3 is 5.97 Å². The van der Waals surface area contributed by atoms with E-state index in [4.69, 9.17) is 10.5 Å². The number of aryl methyl sites for hydroxylation is 1. The molecule has 2 aromatic rings. The summed E-state index contributed by atoms with van der Waals surface area (Å²) in [5, 5.41) is 18.0. The van der Waals surface area contributed by atoms with E-state index in [0.29, 0.717) is 13.0 Å². The molecule has 5 nitrogen and oxygen atoms in total. The molecule has 0 N–H and O–H groups in total. The standard InChI is InChI=1S/C16H13N3O2/c17-8-3-10-19-12-13(6-7-16(20)21-11-9-18)14-4-1-2-5-15(14)19/h1-2,4-7,12H,3,10-11H2/b7-6+. The highest BCUT2D eigenvalue weighted by Crippen LogP contribution is 2.22. The van der Waals surface area contributed by atoms with Crippen LogP contribution >= 0.6 is 0 Å². The molecule has 0 spiro atoms. The summed E-state index contributed by atoms with van der Waals surface area (Å²) in [5.74, 6) is -0.551. The number of carbonyl (C=O) groups excluding carboxylic acids is 1. The van der Waals surface area contributed by atoms with Gasteiger partial charge in [0.2, 0.25) is 0 Å². The number of para-hydroxylation sites is 1. The average Bonchev–Trinajstić information content (AvgIpc) is 2.87. The van der Waals surface area contributed by atoms with Crippen molar-refractivity contribution in [1.82, 2.24) is 4.57 Å². The molecule has 0 amide bonds. The molecule has 0 fully saturated rings. The Labute approximate surface area is 122 Å². The maximum absolute atomic E-state index is 11.4. The van der Waals surface area contributed by atoms with Crippen LogP contribution in [0.3, 0.4) is 0 Å². The van der Waals surface area contributed by atoms with Gasteiger partial charge in [0.1, 0.15) is 6.07 Å². The molecule has 1 aromatic carbocycles. The predicted octanol–water partition coefficient (Wildman–Crippen LogP) is 2.63. The van der Waals surface area contributed by atoms with Gasteiger partial charge in [-0.05, 0) is 12.1 Å². The molecule has 0 saturated heterocycles. The maximum atomic E-state index is 11.4. The number of nitrogens with zero attached hydrogens (tertiary/aromatic N) is 3. The Hall–Kier alpha value is -3.05. The topological polar surface area (TPSA) is 78.8 Å². The van der Waals surface area contributed by atoms with Crippen LogP contribution in [0, 0.1) is 22.7 Å². The molecule has 0 aliphatic heterocycles. The molecule has 0 atom stereocenters. The van der Waals surface area contributed by atoms with Crippen molar-refractivity contribution in [3.63, 3.8) is 0 Å². The smallest absolute Gasteiger partial charge is 0.331 e. The summed E-state index contributed by atoms with van der Waals surface area (Å²) in [4.78, 5) is 11.4. The van der Waals surface area contributed by atoms with Gasteiger partial charge in [-0.25, -0.2) is 4.79 Å². The lowest BCUT2D eigenvalue weighted by atomic mass is 10.1. The number of nitriles is 2. The minimum atomic E-state index is -0.551. The van der Waals surface area contributed by atoms with Crippen LogP contribution in [0.2, 0.25) is 0 Å². The number of rotatable bonds is 5. The van der Waals surface area contributed by atoms with E-state index in [-0.39, 0.29) is 6.61 Å². The summed E-state index contributed by atoms with van der Waals surface area (Å²) < 4.78 is 6.64. The van der Waals surface area contributed by atoms with Gasteiger partial charge in [-0.15, -0.1) is 0 Å². The number of esters is 1. The second-order valence-corrected chi connectivity index (χ2v) is 4.30. The zero-order valence-electron chi connectivity index (χ0n) is 11.3. The third-order valence-electron chi connectivity index (χ3n) is 2.96. The number of aromatic nitrogens is 1. The lowest BCUT2D eigenvalue weighted by molar-refractivity contribution is -0.136. The molecule has 21 heavy (non-hydrogen) atoms. The minimum absolute atomic E-state index is 0.257. The number of benzene rings is 1. The van der Waals surface area contributed by atoms with Crippen LogP contribution in [0.4, 0.5) is 0 Å². The maximum Gasteiger partial charge on any atom is 0.331 e. The Bertz CT molecular complexity index is 760. The van der Waals surface area contributed by atoms with E-state index in [1.54, 1.807) is 12.1 Å². The van der Waals surface area contributed by atoms with Crippen molar-refractivity contribution in [2.75, 3.05) is 6.61 Å². The SMILES string of the molecule is N#CCCn1cc(/C=C/C(=O)OCC#N)c2ccccc21. The monoisotopic (exact) mass is 279 g/mol. The highest BCUT2D eigenvalue weighted by molar-refractivity contribution is 5.94. The number of ether oxygens (including phenoxy) is 1. The molecule has 0 aliphatic rings. The summed E-state index contributed by atoms with van der Waals surface area (Å²) in [6.45, 7) is 0.344. The van der Waals surface area contributed by atoms with Crippen molar-refractivity contribution in [3.8, 4) is 12.1 Å². The molecule has 2 rings (SSSR count). The summed E-state index contributed by atoms with van der Waals surface area (Å²) in [5.41, 5.74) is 1.88. The van der Waals surface area contributed by atoms with Gasteiger partial charge in [0.25, 0.3) is 0 Å². The van der Waals surface area contributed by atoms with E-state index < -0.39 is 5.97 Å². The summed E-state index contributed by atoms with van der Waals surface area (Å²) >= 11 is 0. The highest BCUT2D eigenvalue weighted by atomic mass is 16.5. The summed E-state index contributed by atoms with van der Waals surface area (Å²) in [6, 6.07) is 11.6. The Kier molecular flexibility index (Phi) is 4.74. The summed E-state index contributed by atoms with van der Waals surface area (Å²) in [6.07, 6.45) is 5.28. The van der Waals surface area contributed by atoms with Gasteiger partial charge in [0, 0.05) is 35.3 Å². The molecular formula is C16H13N3O2. The molecule has 5 heteroatoms. The first-order chi connectivity index (χ1) is 10.3. The average molecular weight is 279 g/mol. The Morgan fingerprint density at radius 2 is 2.10 bits per heavy atom. The molecule has 0 radical (unpaired) electrons. The Morgan fingerprint density at radius 1 is 1.29 bits per heavy atom. The molecule has 0 aliphatic carbocycles. The molecule has 1 aromatic heterocycles. The Balaban J connectivity index is 2.28. The van der Waals surface area contributed by atoms with Crippen molar-refractivity contribution < 1.29 is 9.53 Å². The third-order valence-corrected chi connectivity index (χ3v) is 2.96. The molecule has 1 heterocycles. The van der Waals surface area contributed by atoms with E-state index in [1.165, 1.54) is 6.08 Å². The lowest BCUT2D eigenvalue weighted by Crippen LogP contribution is -1.99. The summed E-state index contributed by atoms with van der Waals surface area (Å²) in [7, 11) is 0. The minimum Gasteiger partial charge on any atom is -0.447 e. The fourth-order valence-electron chi connectivity index (χ4n) is 2.07. The van der Waals surface area contributed by atoms with Gasteiger partial charge in [-0.1, -0.05) is 18.2 Å². The van der Waals surface area contributed by atoms with Gasteiger partial charge in [0.05, 0.1) is 12.5 Å². The third kappa shape index (κ3) is 3.49. The van der Waals surface area contributed by atoms with E-state index in [1.807, 2.05) is 35.0 Å². The van der Waals surface area contributed by atoms with Crippen LogP contribution in [0.25, 0.3) is 17.0 Å². The van der Waals surface area contributed by atoms with Crippen molar-refractivity contribution in [2.45, 2.75) is 13.0 Å². The van der Waals surface area contributed by atoms with E-state index in [0.717, 1.165) is 16.5 Å². The number of fused-ring (bicyclic) bond motifs is 1. The first kappa shape index (κ1) is 14.4. The lowest BCUT2D eigenvalue weighted by Gasteiger charge is -2.00. The zero-order valence-corrected chi connectivity index (χ0v) is 11.3. The van der Waals surface area contributed by atoms with Crippen LogP contribution in [0.1, 0.15) is 12.0 Å². The van der Waals surface area contributed by atoms with Crippen LogP contribution < -0.4 is 0 Å². The van der Waals surface area contributed by atoms with Crippen LogP contribution in [0.15, 0.2) is 36.5 Å². The van der Waals surface area contributed by atoms with Gasteiger partial charge < -0.3 is 9.30 Å². The predicted molar refractivity (Wildman–Crippen MR) is 77.8 cm³/mol. The fourth-order valence-corrected chi connectivity index (χ4v) is 2.07. The van der Waals surface area contributed by atoms with E-state index in [2.05, 4.69) is 10.8 Å². The van der Waals surface area contributed by atoms with Crippen LogP contribution in [0.5, 0.6) is 0 Å². The van der Waals surface area contributed by atoms with Crippen molar-refractivity contribution in [2.24, 2.45) is 0 Å². The molecule has 0 unspecified atom stereocenters. The second-order valence-electron chi connectivity index (χ2n) is 4.30. The first-order valence-corrected chi connectivity index (χ1v) is 6.43. The van der Waals surface area contributed by atoms with E-state index >= 15 is 0 Å². The molecule has 0 bridgehead atoms. The highest BCUT2D eigenvalue weighted by Gasteiger charge is 2.06. The Morgan fingerprint density at radius 3 is 2.86 bits per heavy atom. The van der Waals surface area contributed by atoms with Crippen molar-refractivity contribution in [1.29, 1.82) is 10.5 Å². The van der Waals surface area contributed by atoms with Gasteiger partial charge in [-0.3, -0.25) is 0 Å². The van der Waals surface area contributed by atoms with Crippen molar-refractivity contribution in [3.05, 3.63) is 42.1 Å². The normalized spacial score (nSPS) is 10.4. The van der Waals surface area contributed by atoms with Crippen LogP contribution in [-0.2, 0) is 16.1 Å². The molecule has 104 valence electrons. The van der Waals surface area contributed by atoms with Crippen molar-refractivity contribution >= 4 is 22.9 Å². The van der Waals surface area contributed by atoms with Gasteiger partial charge in [0.15, 0.2) is 6.61 Å². The first-order valence-electron chi connectivity index (χ1n) is 6.43. The largest absolute Gasteiger partial charge is 0.447 e. The van der Waals surface area contributed by atoms with E-state index in [9.17, 15) is 4.79 Å². The molecular weight excluding hydrogens is 266 g/mol. The van der Waals surface area contributed by atoms with Gasteiger partial charge in [-0.2, -0.15) is 10.5 Å². The number of carbonyl (C=O) groups is 1. The quantitative estimate of drug-likeness (QED) is 0.622. The number of hydrogen-bond donors (Lipinski definition) is 0. The van der Waals surface area contributed by atoms with Crippen LogP contribution in [-0.4, -0.2) is 17.1 Å². The fraction of sp³-hybridized carbons (Fsp3) is 0.188. The second kappa shape index (κ2) is 6.93. The number of hydrogen-bond acceptors (Lipinski definition) is 4. The zero-order chi connectivity index (χ0) is 15.1. The molecule has 0 saturated carbocycles.